The first-order valence-corrected chi connectivity index (χ1v) is 13.7. The van der Waals surface area contributed by atoms with Gasteiger partial charge >= 0.3 is 0 Å². The predicted octanol–water partition coefficient (Wildman–Crippen LogP) is 7.27. The Morgan fingerprint density at radius 2 is 1.66 bits per heavy atom. The maximum Gasteiger partial charge on any atom is 0.291 e. The normalized spacial score (nSPS) is 14.7. The molecule has 6 nitrogen and oxygen atoms in total. The minimum Gasteiger partial charge on any atom is -0.497 e. The van der Waals surface area contributed by atoms with E-state index in [9.17, 15) is 9.59 Å². The van der Waals surface area contributed by atoms with E-state index in [4.69, 9.17) is 13.9 Å². The van der Waals surface area contributed by atoms with Crippen LogP contribution in [0.5, 0.6) is 11.5 Å². The molecular weight excluding hydrogens is 546 g/mol. The fourth-order valence-electron chi connectivity index (χ4n) is 4.90. The molecule has 0 radical (unpaired) electrons. The Bertz CT molecular complexity index is 1490. The van der Waals surface area contributed by atoms with Gasteiger partial charge < -0.3 is 18.8 Å². The van der Waals surface area contributed by atoms with E-state index in [-0.39, 0.29) is 17.1 Å². The predicted molar refractivity (Wildman–Crippen MR) is 151 cm³/mol. The number of carbonyl (C=O) groups is 1. The molecule has 5 rings (SSSR count). The monoisotopic (exact) mass is 575 g/mol. The van der Waals surface area contributed by atoms with Gasteiger partial charge in [0, 0.05) is 11.0 Å². The number of methoxy groups -OCH3 is 1. The van der Waals surface area contributed by atoms with E-state index >= 15 is 0 Å². The van der Waals surface area contributed by atoms with Crippen molar-refractivity contribution in [3.8, 4) is 11.5 Å². The lowest BCUT2D eigenvalue weighted by molar-refractivity contribution is 0.0714. The van der Waals surface area contributed by atoms with Crippen molar-refractivity contribution in [1.82, 2.24) is 4.90 Å². The van der Waals surface area contributed by atoms with Crippen LogP contribution in [0.2, 0.25) is 0 Å². The first-order chi connectivity index (χ1) is 18.5. The maximum absolute atomic E-state index is 13.8. The summed E-state index contributed by atoms with van der Waals surface area (Å²) in [5.41, 5.74) is 2.30. The van der Waals surface area contributed by atoms with Crippen LogP contribution in [0.15, 0.2) is 80.4 Å². The second kappa shape index (κ2) is 11.4. The summed E-state index contributed by atoms with van der Waals surface area (Å²) in [7, 11) is 1.62. The second-order valence-corrected chi connectivity index (χ2v) is 10.4. The van der Waals surface area contributed by atoms with E-state index in [2.05, 4.69) is 22.9 Å². The smallest absolute Gasteiger partial charge is 0.291 e. The average Bonchev–Trinajstić information content (AvgIpc) is 3.21. The number of fused-ring (bicyclic) bond motifs is 2. The highest BCUT2D eigenvalue weighted by atomic mass is 79.9. The number of ether oxygens (including phenoxy) is 2. The molecule has 4 aromatic rings. The Balaban J connectivity index is 1.52. The molecule has 0 aliphatic carbocycles. The number of unbranched alkanes of at least 4 members (excludes halogenated alkanes) is 3. The van der Waals surface area contributed by atoms with Gasteiger partial charge in [0.15, 0.2) is 5.43 Å². The zero-order valence-corrected chi connectivity index (χ0v) is 23.1. The van der Waals surface area contributed by atoms with Gasteiger partial charge in [0.1, 0.15) is 17.1 Å². The third-order valence-corrected chi connectivity index (χ3v) is 7.40. The first kappa shape index (κ1) is 26.0. The van der Waals surface area contributed by atoms with E-state index < -0.39 is 6.04 Å². The molecule has 0 spiro atoms. The number of amides is 1. The van der Waals surface area contributed by atoms with Gasteiger partial charge in [-0.15, -0.1) is 0 Å². The first-order valence-electron chi connectivity index (χ1n) is 12.9. The lowest BCUT2D eigenvalue weighted by Gasteiger charge is -2.25. The Morgan fingerprint density at radius 1 is 0.921 bits per heavy atom. The fraction of sp³-hybridized carbons (Fsp3) is 0.290. The maximum atomic E-state index is 13.8. The minimum atomic E-state index is -0.585. The van der Waals surface area contributed by atoms with Crippen molar-refractivity contribution in [3.63, 3.8) is 0 Å². The molecular formula is C31H30BrNO5. The Hall–Kier alpha value is -3.58. The van der Waals surface area contributed by atoms with Crippen LogP contribution in [-0.4, -0.2) is 24.5 Å². The van der Waals surface area contributed by atoms with E-state index in [0.717, 1.165) is 39.9 Å². The summed E-state index contributed by atoms with van der Waals surface area (Å²) in [4.78, 5) is 29.2. The van der Waals surface area contributed by atoms with Crippen molar-refractivity contribution in [1.29, 1.82) is 0 Å². The van der Waals surface area contributed by atoms with Gasteiger partial charge in [-0.1, -0.05) is 66.4 Å². The molecule has 1 amide bonds. The van der Waals surface area contributed by atoms with Gasteiger partial charge in [-0.25, -0.2) is 0 Å². The molecule has 1 aromatic heterocycles. The number of nitrogens with zero attached hydrogens (tertiary/aromatic N) is 1. The second-order valence-electron chi connectivity index (χ2n) is 9.48. The van der Waals surface area contributed by atoms with Crippen molar-refractivity contribution in [3.05, 3.63) is 104 Å². The van der Waals surface area contributed by atoms with Gasteiger partial charge in [0.25, 0.3) is 5.91 Å². The van der Waals surface area contributed by atoms with Gasteiger partial charge in [0.05, 0.1) is 30.7 Å². The summed E-state index contributed by atoms with van der Waals surface area (Å²) in [5, 5.41) is 0.439. The van der Waals surface area contributed by atoms with Crippen molar-refractivity contribution in [2.24, 2.45) is 0 Å². The van der Waals surface area contributed by atoms with E-state index in [0.29, 0.717) is 29.7 Å². The molecule has 1 atom stereocenters. The number of rotatable bonds is 10. The van der Waals surface area contributed by atoms with Crippen LogP contribution in [0, 0.1) is 0 Å². The fourth-order valence-corrected chi connectivity index (χ4v) is 5.26. The van der Waals surface area contributed by atoms with Gasteiger partial charge in [0.2, 0.25) is 5.76 Å². The number of benzene rings is 3. The number of carbonyl (C=O) groups excluding carboxylic acids is 1. The summed E-state index contributed by atoms with van der Waals surface area (Å²) in [5.74, 6) is 1.30. The van der Waals surface area contributed by atoms with Crippen molar-refractivity contribution >= 4 is 32.8 Å². The lowest BCUT2D eigenvalue weighted by atomic mass is 9.98. The zero-order valence-electron chi connectivity index (χ0n) is 21.5. The molecule has 0 saturated carbocycles. The van der Waals surface area contributed by atoms with Crippen molar-refractivity contribution in [2.45, 2.75) is 45.2 Å². The molecule has 0 fully saturated rings. The van der Waals surface area contributed by atoms with E-state index in [1.165, 1.54) is 12.8 Å². The van der Waals surface area contributed by atoms with Crippen LogP contribution in [0.4, 0.5) is 0 Å². The third kappa shape index (κ3) is 5.20. The summed E-state index contributed by atoms with van der Waals surface area (Å²) >= 11 is 3.45. The zero-order chi connectivity index (χ0) is 26.6. The third-order valence-electron chi connectivity index (χ3n) is 6.90. The molecule has 1 unspecified atom stereocenters. The van der Waals surface area contributed by atoms with Crippen LogP contribution < -0.4 is 14.9 Å². The summed E-state index contributed by atoms with van der Waals surface area (Å²) in [6.07, 6.45) is 4.55. The highest BCUT2D eigenvalue weighted by Crippen LogP contribution is 2.40. The molecule has 0 saturated heterocycles. The van der Waals surface area contributed by atoms with Crippen LogP contribution >= 0.6 is 15.9 Å². The highest BCUT2D eigenvalue weighted by molar-refractivity contribution is 9.10. The molecule has 1 aliphatic rings. The molecule has 0 bridgehead atoms. The van der Waals surface area contributed by atoms with Crippen LogP contribution in [0.1, 0.15) is 65.9 Å². The van der Waals surface area contributed by atoms with Crippen molar-refractivity contribution < 1.29 is 18.7 Å². The van der Waals surface area contributed by atoms with Crippen molar-refractivity contribution in [2.75, 3.05) is 13.7 Å². The van der Waals surface area contributed by atoms with Gasteiger partial charge in [-0.3, -0.25) is 9.59 Å². The molecule has 3 aromatic carbocycles. The standard InChI is InChI=1S/C31H30BrNO5/c1-3-4-5-6-17-37-24-14-9-21(10-15-24)28-27-29(34)25-18-22(32)11-16-26(25)38-30(27)31(35)33(28)19-20-7-12-23(36-2)13-8-20/h7-16,18,28H,3-6,17,19H2,1-2H3. The highest BCUT2D eigenvalue weighted by Gasteiger charge is 2.42. The Morgan fingerprint density at radius 3 is 2.37 bits per heavy atom. The summed E-state index contributed by atoms with van der Waals surface area (Å²) in [6, 6.07) is 19.9. The van der Waals surface area contributed by atoms with Crippen LogP contribution in [0.3, 0.4) is 0 Å². The molecule has 38 heavy (non-hydrogen) atoms. The summed E-state index contributed by atoms with van der Waals surface area (Å²) in [6.45, 7) is 3.16. The molecule has 7 heteroatoms. The van der Waals surface area contributed by atoms with Gasteiger partial charge in [-0.2, -0.15) is 0 Å². The molecule has 0 N–H and O–H groups in total. The number of hydrogen-bond acceptors (Lipinski definition) is 5. The molecule has 1 aliphatic heterocycles. The van der Waals surface area contributed by atoms with Crippen LogP contribution in [0.25, 0.3) is 11.0 Å². The minimum absolute atomic E-state index is 0.0968. The van der Waals surface area contributed by atoms with Crippen LogP contribution in [-0.2, 0) is 6.54 Å². The van der Waals surface area contributed by atoms with E-state index in [1.807, 2.05) is 48.5 Å². The Kier molecular flexibility index (Phi) is 7.84. The van der Waals surface area contributed by atoms with E-state index in [1.54, 1.807) is 30.2 Å². The largest absolute Gasteiger partial charge is 0.497 e. The topological polar surface area (TPSA) is 69.0 Å². The average molecular weight is 576 g/mol. The van der Waals surface area contributed by atoms with Gasteiger partial charge in [-0.05, 0) is 60.0 Å². The quantitative estimate of drug-likeness (QED) is 0.186. The number of halogens is 1. The number of hydrogen-bond donors (Lipinski definition) is 0. The lowest BCUT2D eigenvalue weighted by Crippen LogP contribution is -2.29. The Labute approximate surface area is 230 Å². The SMILES string of the molecule is CCCCCCOc1ccc(C2c3c(oc4ccc(Br)cc4c3=O)C(=O)N2Cc2ccc(OC)cc2)cc1. The molecule has 196 valence electrons. The molecule has 2 heterocycles. The summed E-state index contributed by atoms with van der Waals surface area (Å²) < 4.78 is 18.0.